The van der Waals surface area contributed by atoms with Gasteiger partial charge in [-0.15, -0.1) is 0 Å². The second-order valence-corrected chi connectivity index (χ2v) is 7.64. The van der Waals surface area contributed by atoms with Crippen molar-refractivity contribution in [2.45, 2.75) is 26.7 Å². The fourth-order valence-electron chi connectivity index (χ4n) is 2.73. The Morgan fingerprint density at radius 1 is 1.00 bits per heavy atom. The van der Waals surface area contributed by atoms with Gasteiger partial charge in [0.15, 0.2) is 0 Å². The van der Waals surface area contributed by atoms with Crippen molar-refractivity contribution >= 4 is 23.2 Å². The molecule has 2 aromatic rings. The third-order valence-electron chi connectivity index (χ3n) is 4.49. The highest BCUT2D eigenvalue weighted by atomic mass is 16.5. The molecule has 168 valence electrons. The Kier molecular flexibility index (Phi) is 10.4. The van der Waals surface area contributed by atoms with Crippen LogP contribution in [0, 0.1) is 5.92 Å². The summed E-state index contributed by atoms with van der Waals surface area (Å²) >= 11 is 0. The van der Waals surface area contributed by atoms with E-state index in [0.717, 1.165) is 18.6 Å². The minimum absolute atomic E-state index is 0.0888. The van der Waals surface area contributed by atoms with Crippen molar-refractivity contribution in [1.29, 1.82) is 0 Å². The standard InChI is InChI=1S/C24H33N3O4/c1-18(2)12-15-31-22-10-8-20(9-11-22)27-23(28)17-26-21-7-4-6-19(16-21)24(29)25-13-5-14-30-3/h4,6-11,16,18,26H,5,12-15,17H2,1-3H3,(H,25,29)(H,27,28). The minimum atomic E-state index is -0.178. The normalized spacial score (nSPS) is 10.6. The van der Waals surface area contributed by atoms with E-state index in [4.69, 9.17) is 9.47 Å². The Bertz CT molecular complexity index is 822. The molecule has 0 aromatic heterocycles. The van der Waals surface area contributed by atoms with Gasteiger partial charge in [0, 0.05) is 37.2 Å². The minimum Gasteiger partial charge on any atom is -0.494 e. The number of methoxy groups -OCH3 is 1. The van der Waals surface area contributed by atoms with E-state index in [1.165, 1.54) is 0 Å². The molecule has 2 amide bonds. The molecule has 31 heavy (non-hydrogen) atoms. The molecule has 0 heterocycles. The van der Waals surface area contributed by atoms with Crippen molar-refractivity contribution in [3.05, 3.63) is 54.1 Å². The second kappa shape index (κ2) is 13.3. The summed E-state index contributed by atoms with van der Waals surface area (Å²) in [6.45, 7) is 6.24. The highest BCUT2D eigenvalue weighted by Crippen LogP contribution is 2.17. The molecule has 0 fully saturated rings. The predicted molar refractivity (Wildman–Crippen MR) is 124 cm³/mol. The molecule has 7 heteroatoms. The number of carbonyl (C=O) groups excluding carboxylic acids is 2. The summed E-state index contributed by atoms with van der Waals surface area (Å²) in [6, 6.07) is 14.4. The molecule has 0 saturated heterocycles. The van der Waals surface area contributed by atoms with Crippen LogP contribution in [0.25, 0.3) is 0 Å². The predicted octanol–water partition coefficient (Wildman–Crippen LogP) is 3.93. The van der Waals surface area contributed by atoms with Gasteiger partial charge in [-0.2, -0.15) is 0 Å². The topological polar surface area (TPSA) is 88.7 Å². The van der Waals surface area contributed by atoms with Crippen LogP contribution in [0.2, 0.25) is 0 Å². The van der Waals surface area contributed by atoms with E-state index >= 15 is 0 Å². The van der Waals surface area contributed by atoms with Crippen LogP contribution in [0.1, 0.15) is 37.0 Å². The Balaban J connectivity index is 1.77. The number of nitrogens with one attached hydrogen (secondary N) is 3. The van der Waals surface area contributed by atoms with Crippen molar-refractivity contribution in [2.75, 3.05) is 44.0 Å². The first-order chi connectivity index (χ1) is 15.0. The summed E-state index contributed by atoms with van der Waals surface area (Å²) in [5, 5.41) is 8.74. The first-order valence-electron chi connectivity index (χ1n) is 10.6. The quantitative estimate of drug-likeness (QED) is 0.422. The maximum Gasteiger partial charge on any atom is 0.251 e. The largest absolute Gasteiger partial charge is 0.494 e. The van der Waals surface area contributed by atoms with E-state index in [-0.39, 0.29) is 18.4 Å². The van der Waals surface area contributed by atoms with Gasteiger partial charge >= 0.3 is 0 Å². The van der Waals surface area contributed by atoms with Gasteiger partial charge < -0.3 is 25.4 Å². The Morgan fingerprint density at radius 3 is 2.48 bits per heavy atom. The number of ether oxygens (including phenoxy) is 2. The summed E-state index contributed by atoms with van der Waals surface area (Å²) in [6.07, 6.45) is 1.76. The van der Waals surface area contributed by atoms with E-state index in [9.17, 15) is 9.59 Å². The summed E-state index contributed by atoms with van der Waals surface area (Å²) in [4.78, 5) is 24.4. The van der Waals surface area contributed by atoms with Gasteiger partial charge in [0.1, 0.15) is 5.75 Å². The van der Waals surface area contributed by atoms with Crippen LogP contribution in [0.5, 0.6) is 5.75 Å². The molecule has 2 aromatic carbocycles. The molecule has 0 aliphatic heterocycles. The zero-order chi connectivity index (χ0) is 22.5. The van der Waals surface area contributed by atoms with Crippen molar-refractivity contribution in [3.8, 4) is 5.75 Å². The molecule has 0 saturated carbocycles. The Morgan fingerprint density at radius 2 is 1.77 bits per heavy atom. The molecule has 0 atom stereocenters. The fraction of sp³-hybridized carbons (Fsp3) is 0.417. The summed E-state index contributed by atoms with van der Waals surface area (Å²) in [5.41, 5.74) is 1.94. The van der Waals surface area contributed by atoms with Crippen LogP contribution in [0.4, 0.5) is 11.4 Å². The summed E-state index contributed by atoms with van der Waals surface area (Å²) in [5.74, 6) is 1.05. The maximum atomic E-state index is 12.2. The van der Waals surface area contributed by atoms with E-state index in [0.29, 0.717) is 42.6 Å². The third-order valence-corrected chi connectivity index (χ3v) is 4.49. The average molecular weight is 428 g/mol. The SMILES string of the molecule is COCCCNC(=O)c1cccc(NCC(=O)Nc2ccc(OCCC(C)C)cc2)c1. The van der Waals surface area contributed by atoms with Gasteiger partial charge in [0.25, 0.3) is 5.91 Å². The summed E-state index contributed by atoms with van der Waals surface area (Å²) in [7, 11) is 1.63. The third kappa shape index (κ3) is 9.53. The zero-order valence-electron chi connectivity index (χ0n) is 18.6. The summed E-state index contributed by atoms with van der Waals surface area (Å²) < 4.78 is 10.7. The van der Waals surface area contributed by atoms with Crippen LogP contribution in [0.15, 0.2) is 48.5 Å². The van der Waals surface area contributed by atoms with Gasteiger partial charge in [-0.1, -0.05) is 19.9 Å². The lowest BCUT2D eigenvalue weighted by atomic mass is 10.1. The molecule has 0 bridgehead atoms. The van der Waals surface area contributed by atoms with Crippen LogP contribution < -0.4 is 20.7 Å². The first kappa shape index (κ1) is 24.2. The van der Waals surface area contributed by atoms with E-state index in [2.05, 4.69) is 29.8 Å². The van der Waals surface area contributed by atoms with Gasteiger partial charge in [-0.05, 0) is 61.2 Å². The smallest absolute Gasteiger partial charge is 0.251 e. The lowest BCUT2D eigenvalue weighted by molar-refractivity contribution is -0.114. The number of benzene rings is 2. The zero-order valence-corrected chi connectivity index (χ0v) is 18.6. The number of carbonyl (C=O) groups is 2. The van der Waals surface area contributed by atoms with Gasteiger partial charge in [-0.3, -0.25) is 9.59 Å². The molecule has 0 aliphatic carbocycles. The van der Waals surface area contributed by atoms with E-state index in [1.54, 1.807) is 25.3 Å². The van der Waals surface area contributed by atoms with Crippen molar-refractivity contribution < 1.29 is 19.1 Å². The van der Waals surface area contributed by atoms with Crippen LogP contribution in [-0.4, -0.2) is 45.2 Å². The average Bonchev–Trinajstić information content (AvgIpc) is 2.76. The lowest BCUT2D eigenvalue weighted by Crippen LogP contribution is -2.25. The molecular formula is C24H33N3O4. The maximum absolute atomic E-state index is 12.2. The molecular weight excluding hydrogens is 394 g/mol. The molecule has 0 spiro atoms. The van der Waals surface area contributed by atoms with Gasteiger partial charge in [0.2, 0.25) is 5.91 Å². The number of anilines is 2. The Labute approximate surface area is 184 Å². The molecule has 3 N–H and O–H groups in total. The second-order valence-electron chi connectivity index (χ2n) is 7.64. The van der Waals surface area contributed by atoms with Gasteiger partial charge in [0.05, 0.1) is 13.2 Å². The Hall–Kier alpha value is -3.06. The van der Waals surface area contributed by atoms with Crippen LogP contribution in [-0.2, 0) is 9.53 Å². The van der Waals surface area contributed by atoms with Crippen molar-refractivity contribution in [3.63, 3.8) is 0 Å². The van der Waals surface area contributed by atoms with E-state index in [1.807, 2.05) is 30.3 Å². The van der Waals surface area contributed by atoms with Crippen molar-refractivity contribution in [2.24, 2.45) is 5.92 Å². The highest BCUT2D eigenvalue weighted by molar-refractivity contribution is 5.96. The van der Waals surface area contributed by atoms with Gasteiger partial charge in [-0.25, -0.2) is 0 Å². The monoisotopic (exact) mass is 427 g/mol. The first-order valence-corrected chi connectivity index (χ1v) is 10.6. The molecule has 0 radical (unpaired) electrons. The number of hydrogen-bond acceptors (Lipinski definition) is 5. The number of amides is 2. The van der Waals surface area contributed by atoms with Crippen LogP contribution >= 0.6 is 0 Å². The molecule has 0 aliphatic rings. The van der Waals surface area contributed by atoms with Crippen molar-refractivity contribution in [1.82, 2.24) is 5.32 Å². The highest BCUT2D eigenvalue weighted by Gasteiger charge is 2.07. The molecule has 7 nitrogen and oxygen atoms in total. The van der Waals surface area contributed by atoms with E-state index < -0.39 is 0 Å². The number of rotatable bonds is 13. The fourth-order valence-corrected chi connectivity index (χ4v) is 2.73. The molecule has 0 unspecified atom stereocenters. The molecule has 2 rings (SSSR count). The van der Waals surface area contributed by atoms with Crippen LogP contribution in [0.3, 0.4) is 0 Å². The number of hydrogen-bond donors (Lipinski definition) is 3. The lowest BCUT2D eigenvalue weighted by Gasteiger charge is -2.11.